The topological polar surface area (TPSA) is 136 Å². The fourth-order valence-electron chi connectivity index (χ4n) is 4.80. The zero-order chi connectivity index (χ0) is 31.6. The number of hydrogen-bond donors (Lipinski definition) is 0. The van der Waals surface area contributed by atoms with Gasteiger partial charge in [-0.3, -0.25) is 4.57 Å². The molecule has 2 amide bonds. The zero-order valence-corrected chi connectivity index (χ0v) is 26.2. The highest BCUT2D eigenvalue weighted by Gasteiger charge is 2.37. The SMILES string of the molecule is COc1nc2c(N(C(=O)OC(C)(C)C)C(=O)OC(C)(C)C)nc(-c3ccnn3C3CCCCO3)nc2n1Cc1ccccc1. The van der Waals surface area contributed by atoms with Gasteiger partial charge in [-0.25, -0.2) is 24.2 Å². The Morgan fingerprint density at radius 2 is 1.64 bits per heavy atom. The summed E-state index contributed by atoms with van der Waals surface area (Å²) >= 11 is 0. The summed E-state index contributed by atoms with van der Waals surface area (Å²) in [6, 6.07) is 11.7. The van der Waals surface area contributed by atoms with Crippen molar-refractivity contribution in [2.45, 2.75) is 84.8 Å². The standard InChI is InChI=1S/C31H39N7O6/c1-30(2,3)43-28(39)37(29(40)44-31(4,5)6)26-23-25(36(27(33-23)41-7)19-20-13-9-8-10-14-20)34-24(35-26)21-16-17-32-38(21)22-15-11-12-18-42-22/h8-10,13-14,16-17,22H,11-12,15,18-19H2,1-7H3. The lowest BCUT2D eigenvalue weighted by atomic mass is 10.2. The van der Waals surface area contributed by atoms with Gasteiger partial charge in [0.2, 0.25) is 0 Å². The molecule has 1 fully saturated rings. The number of carbonyl (C=O) groups is 2. The molecule has 1 unspecified atom stereocenters. The van der Waals surface area contributed by atoms with Crippen molar-refractivity contribution >= 4 is 29.2 Å². The van der Waals surface area contributed by atoms with Crippen molar-refractivity contribution in [2.24, 2.45) is 0 Å². The molecule has 234 valence electrons. The number of hydrogen-bond acceptors (Lipinski definition) is 10. The van der Waals surface area contributed by atoms with Crippen molar-refractivity contribution in [2.75, 3.05) is 18.6 Å². The predicted octanol–water partition coefficient (Wildman–Crippen LogP) is 6.12. The third-order valence-corrected chi connectivity index (χ3v) is 6.60. The molecule has 4 heterocycles. The van der Waals surface area contributed by atoms with Gasteiger partial charge < -0.3 is 18.9 Å². The van der Waals surface area contributed by atoms with Crippen molar-refractivity contribution in [3.05, 3.63) is 48.2 Å². The van der Waals surface area contributed by atoms with Crippen LogP contribution in [0.3, 0.4) is 0 Å². The first-order chi connectivity index (χ1) is 20.8. The lowest BCUT2D eigenvalue weighted by Gasteiger charge is -2.28. The van der Waals surface area contributed by atoms with Crippen LogP contribution in [0.5, 0.6) is 6.01 Å². The van der Waals surface area contributed by atoms with E-state index in [1.54, 1.807) is 63.1 Å². The average Bonchev–Trinajstić information content (AvgIpc) is 3.58. The van der Waals surface area contributed by atoms with Crippen LogP contribution in [-0.4, -0.2) is 66.4 Å². The van der Waals surface area contributed by atoms with Crippen molar-refractivity contribution in [3.63, 3.8) is 0 Å². The minimum atomic E-state index is -0.974. The quantitative estimate of drug-likeness (QED) is 0.253. The van der Waals surface area contributed by atoms with E-state index in [1.165, 1.54) is 7.11 Å². The van der Waals surface area contributed by atoms with Crippen molar-refractivity contribution < 1.29 is 28.5 Å². The number of nitrogens with zero attached hydrogens (tertiary/aromatic N) is 7. The van der Waals surface area contributed by atoms with Crippen LogP contribution < -0.4 is 9.64 Å². The van der Waals surface area contributed by atoms with Gasteiger partial charge in [0.1, 0.15) is 16.9 Å². The molecule has 1 aliphatic rings. The highest BCUT2D eigenvalue weighted by molar-refractivity contribution is 6.13. The van der Waals surface area contributed by atoms with Gasteiger partial charge in [-0.2, -0.15) is 15.0 Å². The number of imide groups is 1. The van der Waals surface area contributed by atoms with E-state index in [0.29, 0.717) is 24.5 Å². The highest BCUT2D eigenvalue weighted by Crippen LogP contribution is 2.34. The molecular formula is C31H39N7O6. The molecule has 13 heteroatoms. The fourth-order valence-corrected chi connectivity index (χ4v) is 4.80. The van der Waals surface area contributed by atoms with Gasteiger partial charge >= 0.3 is 12.2 Å². The number of carbonyl (C=O) groups excluding carboxylic acids is 2. The summed E-state index contributed by atoms with van der Waals surface area (Å²) in [5.74, 6) is 0.0871. The van der Waals surface area contributed by atoms with E-state index in [9.17, 15) is 9.59 Å². The zero-order valence-electron chi connectivity index (χ0n) is 26.2. The monoisotopic (exact) mass is 605 g/mol. The number of methoxy groups -OCH3 is 1. The molecule has 0 aliphatic carbocycles. The molecule has 0 saturated carbocycles. The summed E-state index contributed by atoms with van der Waals surface area (Å²) in [7, 11) is 1.49. The summed E-state index contributed by atoms with van der Waals surface area (Å²) in [5, 5.41) is 4.52. The van der Waals surface area contributed by atoms with Gasteiger partial charge in [0.05, 0.1) is 13.7 Å². The molecule has 0 radical (unpaired) electrons. The van der Waals surface area contributed by atoms with Gasteiger partial charge in [0.25, 0.3) is 6.01 Å². The Bertz CT molecular complexity index is 1600. The van der Waals surface area contributed by atoms with E-state index in [0.717, 1.165) is 29.7 Å². The molecule has 1 aromatic carbocycles. The smallest absolute Gasteiger partial charge is 0.425 e. The Morgan fingerprint density at radius 3 is 2.23 bits per heavy atom. The van der Waals surface area contributed by atoms with Crippen LogP contribution in [0, 0.1) is 0 Å². The molecule has 4 aromatic rings. The van der Waals surface area contributed by atoms with Crippen molar-refractivity contribution in [1.29, 1.82) is 0 Å². The van der Waals surface area contributed by atoms with Crippen LogP contribution in [0.4, 0.5) is 15.4 Å². The van der Waals surface area contributed by atoms with E-state index in [-0.39, 0.29) is 29.4 Å². The highest BCUT2D eigenvalue weighted by atomic mass is 16.6. The second kappa shape index (κ2) is 12.2. The lowest BCUT2D eigenvalue weighted by Crippen LogP contribution is -2.44. The van der Waals surface area contributed by atoms with Crippen LogP contribution in [0.25, 0.3) is 22.7 Å². The van der Waals surface area contributed by atoms with Crippen LogP contribution in [0.1, 0.15) is 72.6 Å². The first kappa shape index (κ1) is 30.9. The Kier molecular flexibility index (Phi) is 8.60. The van der Waals surface area contributed by atoms with E-state index >= 15 is 0 Å². The van der Waals surface area contributed by atoms with Crippen LogP contribution in [0.15, 0.2) is 42.6 Å². The maximum Gasteiger partial charge on any atom is 0.425 e. The third kappa shape index (κ3) is 6.83. The normalized spacial score (nSPS) is 15.7. The summed E-state index contributed by atoms with van der Waals surface area (Å²) < 4.78 is 26.5. The Morgan fingerprint density at radius 1 is 0.955 bits per heavy atom. The first-order valence-corrected chi connectivity index (χ1v) is 14.6. The molecule has 13 nitrogen and oxygen atoms in total. The van der Waals surface area contributed by atoms with Crippen LogP contribution >= 0.6 is 0 Å². The van der Waals surface area contributed by atoms with Gasteiger partial charge in [-0.15, -0.1) is 0 Å². The molecule has 3 aromatic heterocycles. The summed E-state index contributed by atoms with van der Waals surface area (Å²) in [6.45, 7) is 11.2. The Balaban J connectivity index is 1.76. The molecular weight excluding hydrogens is 566 g/mol. The molecule has 1 atom stereocenters. The molecule has 1 aliphatic heterocycles. The second-order valence-corrected chi connectivity index (χ2v) is 12.5. The van der Waals surface area contributed by atoms with E-state index < -0.39 is 23.4 Å². The Hall–Kier alpha value is -4.52. The summed E-state index contributed by atoms with van der Waals surface area (Å²) in [5.41, 5.74) is 0.142. The van der Waals surface area contributed by atoms with E-state index in [2.05, 4.69) is 10.1 Å². The average molecular weight is 606 g/mol. The largest absolute Gasteiger partial charge is 0.468 e. The van der Waals surface area contributed by atoms with Crippen LogP contribution in [0.2, 0.25) is 0 Å². The van der Waals surface area contributed by atoms with Crippen molar-refractivity contribution in [3.8, 4) is 17.5 Å². The molecule has 0 bridgehead atoms. The number of imidazole rings is 1. The Labute approximate surface area is 256 Å². The number of fused-ring (bicyclic) bond motifs is 1. The maximum atomic E-state index is 13.7. The number of benzene rings is 1. The van der Waals surface area contributed by atoms with Gasteiger partial charge in [0, 0.05) is 12.8 Å². The number of amides is 2. The molecule has 1 saturated heterocycles. The maximum absolute atomic E-state index is 13.7. The minimum Gasteiger partial charge on any atom is -0.468 e. The molecule has 0 N–H and O–H groups in total. The number of anilines is 1. The van der Waals surface area contributed by atoms with Crippen LogP contribution in [-0.2, 0) is 20.8 Å². The summed E-state index contributed by atoms with van der Waals surface area (Å²) in [4.78, 5) is 42.6. The molecule has 0 spiro atoms. The molecule has 5 rings (SSSR count). The first-order valence-electron chi connectivity index (χ1n) is 14.6. The van der Waals surface area contributed by atoms with Gasteiger partial charge in [-0.05, 0) is 72.4 Å². The fraction of sp³-hybridized carbons (Fsp3) is 0.484. The number of rotatable bonds is 6. The predicted molar refractivity (Wildman–Crippen MR) is 162 cm³/mol. The lowest BCUT2D eigenvalue weighted by molar-refractivity contribution is -0.0384. The van der Waals surface area contributed by atoms with Gasteiger partial charge in [-0.1, -0.05) is 30.3 Å². The summed E-state index contributed by atoms with van der Waals surface area (Å²) in [6.07, 6.45) is 2.11. The van der Waals surface area contributed by atoms with Crippen molar-refractivity contribution in [1.82, 2.24) is 29.3 Å². The van der Waals surface area contributed by atoms with Gasteiger partial charge in [0.15, 0.2) is 29.0 Å². The van der Waals surface area contributed by atoms with E-state index in [1.807, 2.05) is 30.3 Å². The minimum absolute atomic E-state index is 0.115. The molecule has 44 heavy (non-hydrogen) atoms. The van der Waals surface area contributed by atoms with E-state index in [4.69, 9.17) is 28.9 Å². The second-order valence-electron chi connectivity index (χ2n) is 12.5. The third-order valence-electron chi connectivity index (χ3n) is 6.60. The number of aromatic nitrogens is 6. The number of ether oxygens (including phenoxy) is 4.